The minimum Gasteiger partial charge on any atom is -0.489 e. The molecule has 1 aromatic carbocycles. The van der Waals surface area contributed by atoms with Gasteiger partial charge in [0.05, 0.1) is 26.7 Å². The Morgan fingerprint density at radius 1 is 1.17 bits per heavy atom. The number of fused-ring (bicyclic) bond motifs is 1. The molecule has 0 bridgehead atoms. The molecule has 4 aromatic rings. The second kappa shape index (κ2) is 10.6. The first-order valence-electron chi connectivity index (χ1n) is 14.2. The summed E-state index contributed by atoms with van der Waals surface area (Å²) in [5, 5.41) is 8.57. The van der Waals surface area contributed by atoms with Crippen molar-refractivity contribution in [3.05, 3.63) is 58.3 Å². The van der Waals surface area contributed by atoms with Crippen molar-refractivity contribution in [1.82, 2.24) is 28.6 Å². The summed E-state index contributed by atoms with van der Waals surface area (Å²) in [5.41, 5.74) is 3.81. The zero-order valence-corrected chi connectivity index (χ0v) is 24.9. The molecule has 11 heteroatoms. The molecule has 6 rings (SSSR count). The Morgan fingerprint density at radius 3 is 2.59 bits per heavy atom. The van der Waals surface area contributed by atoms with Crippen molar-refractivity contribution in [2.45, 2.75) is 52.7 Å². The van der Waals surface area contributed by atoms with Crippen LogP contribution in [0.3, 0.4) is 0 Å². The molecule has 2 aliphatic rings. The Kier molecular flexibility index (Phi) is 7.11. The highest BCUT2D eigenvalue weighted by Crippen LogP contribution is 2.33. The summed E-state index contributed by atoms with van der Waals surface area (Å²) < 4.78 is 22.4. The van der Waals surface area contributed by atoms with Crippen molar-refractivity contribution >= 4 is 38.2 Å². The number of benzene rings is 1. The third kappa shape index (κ3) is 5.48. The van der Waals surface area contributed by atoms with Gasteiger partial charge < -0.3 is 15.0 Å². The van der Waals surface area contributed by atoms with E-state index >= 15 is 0 Å². The van der Waals surface area contributed by atoms with E-state index in [1.54, 1.807) is 10.8 Å². The number of ether oxygens (including phenoxy) is 1. The number of hydrogen-bond acceptors (Lipinski definition) is 8. The first kappa shape index (κ1) is 27.5. The average Bonchev–Trinajstić information content (AvgIpc) is 3.60. The van der Waals surface area contributed by atoms with Gasteiger partial charge in [-0.3, -0.25) is 9.36 Å². The topological polar surface area (TPSA) is 107 Å². The van der Waals surface area contributed by atoms with E-state index in [9.17, 15) is 9.00 Å². The highest BCUT2D eigenvalue weighted by Gasteiger charge is 2.27. The van der Waals surface area contributed by atoms with Gasteiger partial charge in [-0.2, -0.15) is 14.2 Å². The molecule has 1 aliphatic carbocycles. The lowest BCUT2D eigenvalue weighted by Crippen LogP contribution is -2.24. The predicted molar refractivity (Wildman–Crippen MR) is 165 cm³/mol. The highest BCUT2D eigenvalue weighted by atomic mass is 32.2. The summed E-state index contributed by atoms with van der Waals surface area (Å²) in [4.78, 5) is 25.6. The molecule has 1 saturated heterocycles. The third-order valence-electron chi connectivity index (χ3n) is 8.01. The number of rotatable bonds is 9. The highest BCUT2D eigenvalue weighted by molar-refractivity contribution is 7.98. The van der Waals surface area contributed by atoms with Crippen LogP contribution in [-0.2, 0) is 16.3 Å². The van der Waals surface area contributed by atoms with E-state index in [0.717, 1.165) is 49.2 Å². The Morgan fingerprint density at radius 2 is 1.93 bits per heavy atom. The molecule has 4 heterocycles. The normalized spacial score (nSPS) is 19.0. The number of pyridine rings is 1. The van der Waals surface area contributed by atoms with Crippen LogP contribution >= 0.6 is 0 Å². The van der Waals surface area contributed by atoms with Gasteiger partial charge in [-0.1, -0.05) is 6.92 Å². The number of likely N-dealkylation sites (N-methyl/N-ethyl adjacent to an activating group) is 1. The van der Waals surface area contributed by atoms with Crippen molar-refractivity contribution in [3.8, 4) is 16.9 Å². The van der Waals surface area contributed by atoms with E-state index in [1.807, 2.05) is 51.1 Å². The maximum atomic E-state index is 14.0. The lowest BCUT2D eigenvalue weighted by atomic mass is 10.0. The molecule has 10 nitrogen and oxygen atoms in total. The summed E-state index contributed by atoms with van der Waals surface area (Å²) in [6, 6.07) is 9.62. The van der Waals surface area contributed by atoms with Gasteiger partial charge in [0, 0.05) is 48.2 Å². The fourth-order valence-electron chi connectivity index (χ4n) is 5.51. The van der Waals surface area contributed by atoms with Gasteiger partial charge in [0.1, 0.15) is 17.5 Å². The van der Waals surface area contributed by atoms with Crippen LogP contribution in [-0.4, -0.2) is 70.7 Å². The maximum absolute atomic E-state index is 14.0. The molecule has 41 heavy (non-hydrogen) atoms. The number of aryl methyl sites for hydroxylation is 1. The Bertz CT molecular complexity index is 1770. The number of nitrogens with one attached hydrogen (secondary N) is 1. The van der Waals surface area contributed by atoms with E-state index in [4.69, 9.17) is 9.72 Å². The largest absolute Gasteiger partial charge is 0.489 e. The van der Waals surface area contributed by atoms with Crippen molar-refractivity contribution < 1.29 is 8.95 Å². The minimum atomic E-state index is -2.61. The van der Waals surface area contributed by atoms with Crippen LogP contribution in [0.2, 0.25) is 0 Å². The summed E-state index contributed by atoms with van der Waals surface area (Å²) in [5.74, 6) is 5.95. The molecule has 0 radical (unpaired) electrons. The van der Waals surface area contributed by atoms with E-state index in [2.05, 4.69) is 33.2 Å². The minimum absolute atomic E-state index is 0.133. The quantitative estimate of drug-likeness (QED) is 0.299. The monoisotopic (exact) mass is 575 g/mol. The Balaban J connectivity index is 1.34. The zero-order valence-electron chi connectivity index (χ0n) is 24.1. The molecule has 216 valence electrons. The van der Waals surface area contributed by atoms with Gasteiger partial charge in [-0.25, -0.2) is 9.19 Å². The number of nitrogens with zero attached hydrogens (tertiary/aromatic N) is 6. The lowest BCUT2D eigenvalue weighted by Gasteiger charge is -2.15. The van der Waals surface area contributed by atoms with Crippen LogP contribution in [0.25, 0.3) is 22.2 Å². The van der Waals surface area contributed by atoms with E-state index in [1.165, 1.54) is 4.09 Å². The summed E-state index contributed by atoms with van der Waals surface area (Å²) in [6.45, 7) is 8.09. The van der Waals surface area contributed by atoms with Crippen molar-refractivity contribution in [2.24, 2.45) is 5.92 Å². The molecular formula is C30H37N7O3S. The van der Waals surface area contributed by atoms with Gasteiger partial charge >= 0.3 is 0 Å². The molecule has 2 unspecified atom stereocenters. The zero-order chi connectivity index (χ0) is 28.9. The van der Waals surface area contributed by atoms with E-state index in [0.29, 0.717) is 52.3 Å². The fourth-order valence-corrected chi connectivity index (χ4v) is 6.62. The maximum Gasteiger partial charge on any atom is 0.260 e. The molecule has 0 spiro atoms. The average molecular weight is 576 g/mol. The number of hydrogen-bond donors (Lipinski definition) is 1. The second-order valence-electron chi connectivity index (χ2n) is 11.3. The van der Waals surface area contributed by atoms with Crippen LogP contribution in [0.5, 0.6) is 5.75 Å². The standard InChI is InChI=1S/C30H37N7O3S/c1-6-41(5,39)37-20(3)27(19(2)34-37)26-15-22-16-31-30(33-28(22)36(29(26)38)17-21-7-8-21)32-23-9-11-24(12-10-23)40-25-13-14-35(4)18-25/h9-12,15-16,21,25H,5-8,13-14,17-18H2,1-4H3,(H,31,32,33). The fraction of sp³-hybridized carbons (Fsp3) is 0.433. The molecule has 2 fully saturated rings. The molecule has 1 N–H and O–H groups in total. The van der Waals surface area contributed by atoms with Crippen LogP contribution in [0.4, 0.5) is 11.6 Å². The Labute approximate surface area is 240 Å². The lowest BCUT2D eigenvalue weighted by molar-refractivity contribution is 0.208. The number of aromatic nitrogens is 5. The van der Waals surface area contributed by atoms with Gasteiger partial charge in [0.25, 0.3) is 5.56 Å². The van der Waals surface area contributed by atoms with E-state index in [-0.39, 0.29) is 11.7 Å². The van der Waals surface area contributed by atoms with Gasteiger partial charge in [0.2, 0.25) is 5.95 Å². The van der Waals surface area contributed by atoms with E-state index < -0.39 is 9.71 Å². The number of anilines is 2. The van der Waals surface area contributed by atoms with Crippen molar-refractivity contribution in [3.63, 3.8) is 0 Å². The molecule has 3 aromatic heterocycles. The SMILES string of the molecule is C=S(=O)(CC)n1nc(C)c(-c2cc3cnc(Nc4ccc(OC5CCN(C)C5)cc4)nc3n(CC3CC3)c2=O)c1C. The Hall–Kier alpha value is -3.70. The molecule has 1 saturated carbocycles. The van der Waals surface area contributed by atoms with Crippen LogP contribution in [0.15, 0.2) is 41.3 Å². The first-order valence-corrected chi connectivity index (χ1v) is 16.0. The molecule has 2 atom stereocenters. The molecule has 0 amide bonds. The molecular weight excluding hydrogens is 538 g/mol. The molecule has 1 aliphatic heterocycles. The van der Waals surface area contributed by atoms with Crippen molar-refractivity contribution in [1.29, 1.82) is 0 Å². The van der Waals surface area contributed by atoms with Gasteiger partial charge in [-0.05, 0) is 82.3 Å². The predicted octanol–water partition coefficient (Wildman–Crippen LogP) is 4.01. The van der Waals surface area contributed by atoms with Crippen LogP contribution < -0.4 is 15.6 Å². The first-order chi connectivity index (χ1) is 19.6. The van der Waals surface area contributed by atoms with Crippen LogP contribution in [0, 0.1) is 19.8 Å². The van der Waals surface area contributed by atoms with Gasteiger partial charge in [-0.15, -0.1) is 0 Å². The summed E-state index contributed by atoms with van der Waals surface area (Å²) in [7, 11) is -0.498. The van der Waals surface area contributed by atoms with Crippen molar-refractivity contribution in [2.75, 3.05) is 31.2 Å². The summed E-state index contributed by atoms with van der Waals surface area (Å²) >= 11 is 0. The third-order valence-corrected chi connectivity index (χ3v) is 9.90. The second-order valence-corrected chi connectivity index (χ2v) is 13.8. The van der Waals surface area contributed by atoms with Gasteiger partial charge in [0.15, 0.2) is 0 Å². The number of likely N-dealkylation sites (tertiary alicyclic amines) is 1. The smallest absolute Gasteiger partial charge is 0.260 e. The van der Waals surface area contributed by atoms with Crippen LogP contribution in [0.1, 0.15) is 37.6 Å². The summed E-state index contributed by atoms with van der Waals surface area (Å²) in [6.07, 6.45) is 5.18.